The van der Waals surface area contributed by atoms with E-state index in [2.05, 4.69) is 5.32 Å². The molecule has 1 spiro atoms. The number of halogens is 1. The maximum Gasteiger partial charge on any atom is 0.211 e. The van der Waals surface area contributed by atoms with Crippen LogP contribution in [-0.4, -0.2) is 44.2 Å². The molecular formula is C9H19ClN2O2S. The Morgan fingerprint density at radius 3 is 2.33 bits per heavy atom. The summed E-state index contributed by atoms with van der Waals surface area (Å²) in [5.41, 5.74) is -0.0428. The summed E-state index contributed by atoms with van der Waals surface area (Å²) in [5, 5.41) is 3.29. The van der Waals surface area contributed by atoms with E-state index in [0.29, 0.717) is 0 Å². The van der Waals surface area contributed by atoms with Crippen molar-refractivity contribution in [1.29, 1.82) is 0 Å². The maximum atomic E-state index is 11.6. The van der Waals surface area contributed by atoms with Gasteiger partial charge in [0, 0.05) is 12.1 Å². The quantitative estimate of drug-likeness (QED) is 0.745. The summed E-state index contributed by atoms with van der Waals surface area (Å²) in [7, 11) is -3.01. The lowest BCUT2D eigenvalue weighted by Gasteiger charge is -2.40. The molecule has 2 fully saturated rings. The van der Waals surface area contributed by atoms with E-state index >= 15 is 0 Å². The third kappa shape index (κ3) is 2.46. The van der Waals surface area contributed by atoms with Crippen molar-refractivity contribution in [2.45, 2.75) is 31.2 Å². The number of hydrogen-bond acceptors (Lipinski definition) is 3. The van der Waals surface area contributed by atoms with Gasteiger partial charge >= 0.3 is 0 Å². The largest absolute Gasteiger partial charge is 0.317 e. The molecule has 0 amide bonds. The van der Waals surface area contributed by atoms with Crippen LogP contribution in [0.4, 0.5) is 0 Å². The van der Waals surface area contributed by atoms with E-state index in [-0.39, 0.29) is 17.9 Å². The SMILES string of the molecule is CS(=O)(=O)N1CCCC12CCNCC2.Cl. The van der Waals surface area contributed by atoms with E-state index in [1.165, 1.54) is 6.26 Å². The van der Waals surface area contributed by atoms with Crippen LogP contribution in [0, 0.1) is 0 Å². The summed E-state index contributed by atoms with van der Waals surface area (Å²) in [4.78, 5) is 0. The minimum absolute atomic E-state index is 0. The monoisotopic (exact) mass is 254 g/mol. The highest BCUT2D eigenvalue weighted by Gasteiger charge is 2.45. The molecule has 0 atom stereocenters. The van der Waals surface area contributed by atoms with Gasteiger partial charge in [0.05, 0.1) is 6.26 Å². The van der Waals surface area contributed by atoms with Crippen LogP contribution in [0.15, 0.2) is 0 Å². The molecule has 2 rings (SSSR count). The Bertz CT molecular complexity index is 312. The first-order valence-corrected chi connectivity index (χ1v) is 7.08. The van der Waals surface area contributed by atoms with Gasteiger partial charge in [-0.1, -0.05) is 0 Å². The molecule has 6 heteroatoms. The van der Waals surface area contributed by atoms with Crippen LogP contribution >= 0.6 is 12.4 Å². The highest BCUT2D eigenvalue weighted by atomic mass is 35.5. The van der Waals surface area contributed by atoms with Gasteiger partial charge in [0.1, 0.15) is 0 Å². The first-order chi connectivity index (χ1) is 6.55. The first-order valence-electron chi connectivity index (χ1n) is 5.23. The second-order valence-corrected chi connectivity index (χ2v) is 6.32. The maximum absolute atomic E-state index is 11.6. The van der Waals surface area contributed by atoms with Gasteiger partial charge in [-0.05, 0) is 38.8 Å². The van der Waals surface area contributed by atoms with Crippen molar-refractivity contribution in [3.8, 4) is 0 Å². The molecule has 0 bridgehead atoms. The third-order valence-corrected chi connectivity index (χ3v) is 4.84. The second-order valence-electron chi connectivity index (χ2n) is 4.41. The van der Waals surface area contributed by atoms with Crippen LogP contribution in [0.5, 0.6) is 0 Å². The average Bonchev–Trinajstić information content (AvgIpc) is 2.49. The lowest BCUT2D eigenvalue weighted by atomic mass is 9.87. The molecule has 0 aromatic rings. The third-order valence-electron chi connectivity index (χ3n) is 3.47. The molecule has 0 unspecified atom stereocenters. The number of hydrogen-bond donors (Lipinski definition) is 1. The zero-order valence-corrected chi connectivity index (χ0v) is 10.7. The minimum Gasteiger partial charge on any atom is -0.317 e. The van der Waals surface area contributed by atoms with Crippen molar-refractivity contribution in [2.75, 3.05) is 25.9 Å². The van der Waals surface area contributed by atoms with Crippen molar-refractivity contribution >= 4 is 22.4 Å². The van der Waals surface area contributed by atoms with Crippen molar-refractivity contribution in [1.82, 2.24) is 9.62 Å². The van der Waals surface area contributed by atoms with Crippen molar-refractivity contribution in [3.05, 3.63) is 0 Å². The molecule has 0 aromatic heterocycles. The number of piperidine rings is 1. The van der Waals surface area contributed by atoms with E-state index in [1.807, 2.05) is 0 Å². The smallest absolute Gasteiger partial charge is 0.211 e. The van der Waals surface area contributed by atoms with Gasteiger partial charge in [-0.15, -0.1) is 12.4 Å². The molecule has 0 saturated carbocycles. The molecule has 0 aliphatic carbocycles. The summed E-state index contributed by atoms with van der Waals surface area (Å²) in [5.74, 6) is 0. The van der Waals surface area contributed by atoms with E-state index < -0.39 is 10.0 Å². The molecule has 2 heterocycles. The van der Waals surface area contributed by atoms with Crippen molar-refractivity contribution in [2.24, 2.45) is 0 Å². The number of nitrogens with one attached hydrogen (secondary N) is 1. The molecule has 1 N–H and O–H groups in total. The molecule has 2 saturated heterocycles. The van der Waals surface area contributed by atoms with Gasteiger partial charge in [0.25, 0.3) is 0 Å². The molecule has 0 aromatic carbocycles. The predicted octanol–water partition coefficient (Wildman–Crippen LogP) is 0.586. The van der Waals surface area contributed by atoms with E-state index in [1.54, 1.807) is 4.31 Å². The van der Waals surface area contributed by atoms with Gasteiger partial charge in [-0.2, -0.15) is 4.31 Å². The molecule has 0 radical (unpaired) electrons. The van der Waals surface area contributed by atoms with Crippen LogP contribution in [0.3, 0.4) is 0 Å². The lowest BCUT2D eigenvalue weighted by molar-refractivity contribution is 0.182. The normalized spacial score (nSPS) is 26.5. The van der Waals surface area contributed by atoms with E-state index in [0.717, 1.165) is 45.3 Å². The highest BCUT2D eigenvalue weighted by Crippen LogP contribution is 2.38. The van der Waals surface area contributed by atoms with Crippen molar-refractivity contribution in [3.63, 3.8) is 0 Å². The summed E-state index contributed by atoms with van der Waals surface area (Å²) in [6, 6.07) is 0. The Morgan fingerprint density at radius 1 is 1.20 bits per heavy atom. The second kappa shape index (κ2) is 4.57. The fourth-order valence-electron chi connectivity index (χ4n) is 2.82. The zero-order chi connectivity index (χ0) is 10.2. The van der Waals surface area contributed by atoms with Crippen LogP contribution in [0.2, 0.25) is 0 Å². The Morgan fingerprint density at radius 2 is 1.80 bits per heavy atom. The topological polar surface area (TPSA) is 49.4 Å². The van der Waals surface area contributed by atoms with Crippen LogP contribution < -0.4 is 5.32 Å². The van der Waals surface area contributed by atoms with Crippen molar-refractivity contribution < 1.29 is 8.42 Å². The van der Waals surface area contributed by atoms with Crippen LogP contribution in [0.1, 0.15) is 25.7 Å². The molecule has 90 valence electrons. The van der Waals surface area contributed by atoms with Crippen LogP contribution in [-0.2, 0) is 10.0 Å². The molecule has 4 nitrogen and oxygen atoms in total. The number of rotatable bonds is 1. The first kappa shape index (κ1) is 13.2. The molecule has 2 aliphatic heterocycles. The molecule has 15 heavy (non-hydrogen) atoms. The Kier molecular flexibility index (Phi) is 4.03. The summed E-state index contributed by atoms with van der Waals surface area (Å²) in [6.07, 6.45) is 5.34. The Balaban J connectivity index is 0.00000112. The van der Waals surface area contributed by atoms with E-state index in [4.69, 9.17) is 0 Å². The fourth-order valence-corrected chi connectivity index (χ4v) is 4.26. The summed E-state index contributed by atoms with van der Waals surface area (Å²) < 4.78 is 25.0. The lowest BCUT2D eigenvalue weighted by Crippen LogP contribution is -2.52. The predicted molar refractivity (Wildman–Crippen MR) is 62.9 cm³/mol. The number of sulfonamides is 1. The van der Waals surface area contributed by atoms with Gasteiger partial charge in [-0.3, -0.25) is 0 Å². The minimum atomic E-state index is -3.01. The van der Waals surface area contributed by atoms with Gasteiger partial charge in [0.15, 0.2) is 0 Å². The fraction of sp³-hybridized carbons (Fsp3) is 1.00. The Hall–Kier alpha value is 0.160. The molecular weight excluding hydrogens is 236 g/mol. The standard InChI is InChI=1S/C9H18N2O2S.ClH/c1-14(12,13)11-8-2-3-9(11)4-6-10-7-5-9;/h10H,2-8H2,1H3;1H. The summed E-state index contributed by atoms with van der Waals surface area (Å²) >= 11 is 0. The van der Waals surface area contributed by atoms with Gasteiger partial charge in [0.2, 0.25) is 10.0 Å². The number of nitrogens with zero attached hydrogens (tertiary/aromatic N) is 1. The van der Waals surface area contributed by atoms with Crippen LogP contribution in [0.25, 0.3) is 0 Å². The molecule has 2 aliphatic rings. The Labute approximate surface area is 97.9 Å². The average molecular weight is 255 g/mol. The van der Waals surface area contributed by atoms with Gasteiger partial charge < -0.3 is 5.32 Å². The van der Waals surface area contributed by atoms with Gasteiger partial charge in [-0.25, -0.2) is 8.42 Å². The zero-order valence-electron chi connectivity index (χ0n) is 9.03. The summed E-state index contributed by atoms with van der Waals surface area (Å²) in [6.45, 7) is 2.62. The highest BCUT2D eigenvalue weighted by molar-refractivity contribution is 7.88. The van der Waals surface area contributed by atoms with E-state index in [9.17, 15) is 8.42 Å².